The van der Waals surface area contributed by atoms with Crippen molar-refractivity contribution in [2.75, 3.05) is 20.3 Å². The minimum Gasteiger partial charge on any atom is -0.477 e. The molecule has 0 aliphatic carbocycles. The van der Waals surface area contributed by atoms with E-state index < -0.39 is 16.0 Å². The molecule has 0 amide bonds. The van der Waals surface area contributed by atoms with E-state index >= 15 is 0 Å². The zero-order valence-electron chi connectivity index (χ0n) is 12.4. The standard InChI is InChI=1S/C13H21NO5S2/c1-4-10(5-2)14(6-7-19-3)21(17,18)11-8-12(13(15)16)20-9-11/h8-10H,4-7H2,1-3H3,(H,15,16). The van der Waals surface area contributed by atoms with Crippen LogP contribution in [0.2, 0.25) is 0 Å². The van der Waals surface area contributed by atoms with Crippen molar-refractivity contribution in [2.45, 2.75) is 37.6 Å². The predicted octanol–water partition coefficient (Wildman–Crippen LogP) is 2.27. The van der Waals surface area contributed by atoms with Crippen LogP contribution in [0.3, 0.4) is 0 Å². The van der Waals surface area contributed by atoms with Crippen molar-refractivity contribution in [3.05, 3.63) is 16.3 Å². The van der Waals surface area contributed by atoms with Crippen LogP contribution in [-0.2, 0) is 14.8 Å². The van der Waals surface area contributed by atoms with E-state index in [4.69, 9.17) is 9.84 Å². The summed E-state index contributed by atoms with van der Waals surface area (Å²) >= 11 is 0.916. The molecule has 1 N–H and O–H groups in total. The lowest BCUT2D eigenvalue weighted by Gasteiger charge is -2.29. The lowest BCUT2D eigenvalue weighted by Crippen LogP contribution is -2.41. The number of nitrogens with zero attached hydrogens (tertiary/aromatic N) is 1. The highest BCUT2D eigenvalue weighted by molar-refractivity contribution is 7.89. The number of methoxy groups -OCH3 is 1. The zero-order valence-corrected chi connectivity index (χ0v) is 14.0. The Balaban J connectivity index is 3.15. The Labute approximate surface area is 129 Å². The molecule has 0 aliphatic heterocycles. The molecule has 0 bridgehead atoms. The summed E-state index contributed by atoms with van der Waals surface area (Å²) in [5.41, 5.74) is 0. The first kappa shape index (κ1) is 18.1. The van der Waals surface area contributed by atoms with E-state index in [1.807, 2.05) is 13.8 Å². The molecule has 1 aromatic heterocycles. The summed E-state index contributed by atoms with van der Waals surface area (Å²) in [6.45, 7) is 4.41. The number of sulfonamides is 1. The molecule has 0 atom stereocenters. The molecule has 1 heterocycles. The molecule has 0 radical (unpaired) electrons. The smallest absolute Gasteiger partial charge is 0.345 e. The molecule has 1 rings (SSSR count). The molecule has 0 unspecified atom stereocenters. The second kappa shape index (κ2) is 7.88. The highest BCUT2D eigenvalue weighted by atomic mass is 32.2. The SMILES string of the molecule is CCC(CC)N(CCOC)S(=O)(=O)c1csc(C(=O)O)c1. The van der Waals surface area contributed by atoms with Crippen LogP contribution in [0.25, 0.3) is 0 Å². The van der Waals surface area contributed by atoms with Gasteiger partial charge in [0.05, 0.1) is 11.5 Å². The molecule has 6 nitrogen and oxygen atoms in total. The number of carboxylic acids is 1. The van der Waals surface area contributed by atoms with E-state index in [1.54, 1.807) is 0 Å². The van der Waals surface area contributed by atoms with E-state index in [0.29, 0.717) is 19.4 Å². The summed E-state index contributed by atoms with van der Waals surface area (Å²) in [7, 11) is -2.19. The molecule has 8 heteroatoms. The number of rotatable bonds is 9. The summed E-state index contributed by atoms with van der Waals surface area (Å²) in [6.07, 6.45) is 1.38. The maximum atomic E-state index is 12.7. The highest BCUT2D eigenvalue weighted by Crippen LogP contribution is 2.25. The summed E-state index contributed by atoms with van der Waals surface area (Å²) in [5, 5.41) is 10.3. The average molecular weight is 335 g/mol. The van der Waals surface area contributed by atoms with E-state index in [-0.39, 0.29) is 22.4 Å². The topological polar surface area (TPSA) is 83.9 Å². The number of carbonyl (C=O) groups is 1. The van der Waals surface area contributed by atoms with E-state index in [2.05, 4.69) is 0 Å². The van der Waals surface area contributed by atoms with Crippen LogP contribution in [-0.4, -0.2) is 50.1 Å². The fourth-order valence-electron chi connectivity index (χ4n) is 2.08. The van der Waals surface area contributed by atoms with Crippen molar-refractivity contribution >= 4 is 27.3 Å². The van der Waals surface area contributed by atoms with Gasteiger partial charge in [-0.05, 0) is 18.9 Å². The van der Waals surface area contributed by atoms with Crippen LogP contribution < -0.4 is 0 Å². The van der Waals surface area contributed by atoms with Gasteiger partial charge in [0, 0.05) is 25.1 Å². The Morgan fingerprint density at radius 1 is 1.43 bits per heavy atom. The number of aromatic carboxylic acids is 1. The number of ether oxygens (including phenoxy) is 1. The molecule has 0 saturated heterocycles. The van der Waals surface area contributed by atoms with Crippen molar-refractivity contribution < 1.29 is 23.1 Å². The Hall–Kier alpha value is -0.960. The minimum atomic E-state index is -3.71. The number of hydrogen-bond acceptors (Lipinski definition) is 5. The second-order valence-corrected chi connectivity index (χ2v) is 7.33. The average Bonchev–Trinajstić information content (AvgIpc) is 2.94. The zero-order chi connectivity index (χ0) is 16.0. The first-order valence-electron chi connectivity index (χ1n) is 6.71. The maximum absolute atomic E-state index is 12.7. The third kappa shape index (κ3) is 4.26. The highest BCUT2D eigenvalue weighted by Gasteiger charge is 2.30. The Morgan fingerprint density at radius 3 is 2.48 bits per heavy atom. The van der Waals surface area contributed by atoms with E-state index in [9.17, 15) is 13.2 Å². The first-order chi connectivity index (χ1) is 9.88. The molecular formula is C13H21NO5S2. The van der Waals surface area contributed by atoms with Crippen LogP contribution in [0.5, 0.6) is 0 Å². The fourth-order valence-corrected chi connectivity index (χ4v) is 4.93. The summed E-state index contributed by atoms with van der Waals surface area (Å²) in [4.78, 5) is 11.0. The van der Waals surface area contributed by atoms with Gasteiger partial charge in [0.25, 0.3) is 0 Å². The van der Waals surface area contributed by atoms with E-state index in [0.717, 1.165) is 11.3 Å². The van der Waals surface area contributed by atoms with E-state index in [1.165, 1.54) is 22.9 Å². The Kier molecular flexibility index (Phi) is 6.79. The largest absolute Gasteiger partial charge is 0.477 e. The van der Waals surface area contributed by atoms with Crippen LogP contribution >= 0.6 is 11.3 Å². The maximum Gasteiger partial charge on any atom is 0.345 e. The second-order valence-electron chi connectivity index (χ2n) is 4.53. The van der Waals surface area contributed by atoms with Crippen LogP contribution in [0.15, 0.2) is 16.3 Å². The summed E-state index contributed by atoms with van der Waals surface area (Å²) < 4.78 is 31.8. The molecule has 0 aromatic carbocycles. The van der Waals surface area contributed by atoms with Gasteiger partial charge in [0.15, 0.2) is 0 Å². The Bertz CT molecular complexity index is 563. The van der Waals surface area contributed by atoms with Crippen molar-refractivity contribution in [3.8, 4) is 0 Å². The summed E-state index contributed by atoms with van der Waals surface area (Å²) in [5.74, 6) is -1.12. The van der Waals surface area contributed by atoms with Crippen LogP contribution in [0.1, 0.15) is 36.4 Å². The molecule has 0 fully saturated rings. The van der Waals surface area contributed by atoms with Gasteiger partial charge in [-0.25, -0.2) is 13.2 Å². The normalized spacial score (nSPS) is 12.2. The van der Waals surface area contributed by atoms with Gasteiger partial charge in [-0.1, -0.05) is 13.8 Å². The van der Waals surface area contributed by atoms with Gasteiger partial charge in [0.2, 0.25) is 10.0 Å². The third-order valence-corrected chi connectivity index (χ3v) is 6.26. The molecule has 1 aromatic rings. The number of carboxylic acid groups (broad SMARTS) is 1. The van der Waals surface area contributed by atoms with Crippen LogP contribution in [0, 0.1) is 0 Å². The van der Waals surface area contributed by atoms with Gasteiger partial charge < -0.3 is 9.84 Å². The summed E-state index contributed by atoms with van der Waals surface area (Å²) in [6, 6.07) is 1.09. The monoisotopic (exact) mass is 335 g/mol. The lowest BCUT2D eigenvalue weighted by atomic mass is 10.2. The van der Waals surface area contributed by atoms with Crippen molar-refractivity contribution in [1.82, 2.24) is 4.31 Å². The minimum absolute atomic E-state index is 0.0183. The Morgan fingerprint density at radius 2 is 2.05 bits per heavy atom. The molecule has 0 saturated carbocycles. The van der Waals surface area contributed by atoms with Crippen molar-refractivity contribution in [2.24, 2.45) is 0 Å². The van der Waals surface area contributed by atoms with Crippen LogP contribution in [0.4, 0.5) is 0 Å². The van der Waals surface area contributed by atoms with Gasteiger partial charge in [-0.2, -0.15) is 4.31 Å². The van der Waals surface area contributed by atoms with Gasteiger partial charge in [-0.3, -0.25) is 0 Å². The van der Waals surface area contributed by atoms with Crippen molar-refractivity contribution in [1.29, 1.82) is 0 Å². The number of hydrogen-bond donors (Lipinski definition) is 1. The van der Waals surface area contributed by atoms with Gasteiger partial charge in [-0.15, -0.1) is 11.3 Å². The molecule has 0 spiro atoms. The molecule has 21 heavy (non-hydrogen) atoms. The van der Waals surface area contributed by atoms with Gasteiger partial charge >= 0.3 is 5.97 Å². The molecule has 120 valence electrons. The molecule has 0 aliphatic rings. The lowest BCUT2D eigenvalue weighted by molar-refractivity contribution is 0.0702. The quantitative estimate of drug-likeness (QED) is 0.748. The molecular weight excluding hydrogens is 314 g/mol. The third-order valence-electron chi connectivity index (χ3n) is 3.26. The first-order valence-corrected chi connectivity index (χ1v) is 9.03. The van der Waals surface area contributed by atoms with Crippen molar-refractivity contribution in [3.63, 3.8) is 0 Å². The predicted molar refractivity (Wildman–Crippen MR) is 81.4 cm³/mol. The number of thiophene rings is 1. The van der Waals surface area contributed by atoms with Gasteiger partial charge in [0.1, 0.15) is 4.88 Å². The fraction of sp³-hybridized carbons (Fsp3) is 0.615.